The highest BCUT2D eigenvalue weighted by Gasteiger charge is 2.54. The van der Waals surface area contributed by atoms with Crippen LogP contribution in [0.3, 0.4) is 0 Å². The Morgan fingerprint density at radius 2 is 1.96 bits per heavy atom. The maximum Gasteiger partial charge on any atom is 0.210 e. The highest BCUT2D eigenvalue weighted by atomic mass is 32.2. The maximum absolute atomic E-state index is 13.1. The second-order valence-electron chi connectivity index (χ2n) is 8.11. The van der Waals surface area contributed by atoms with Crippen LogP contribution in [0.25, 0.3) is 0 Å². The molecule has 4 fully saturated rings. The van der Waals surface area contributed by atoms with Gasteiger partial charge < -0.3 is 0 Å². The minimum absolute atomic E-state index is 0.0201. The Hall–Kier alpha value is -1.21. The monoisotopic (exact) mass is 374 g/mol. The fraction of sp³-hybridized carbons (Fsp3) is 0.667. The number of hydrogen-bond acceptors (Lipinski definition) is 6. The molecule has 0 unspecified atom stereocenters. The molecule has 4 aliphatic rings. The second-order valence-corrected chi connectivity index (χ2v) is 10.1. The summed E-state index contributed by atoms with van der Waals surface area (Å²) in [7, 11) is 0. The number of carbonyl (C=O) groups is 1. The molecule has 2 heterocycles. The van der Waals surface area contributed by atoms with Crippen LogP contribution in [0.2, 0.25) is 0 Å². The molecule has 2 aromatic rings. The summed E-state index contributed by atoms with van der Waals surface area (Å²) in [6, 6.07) is 4.12. The Bertz CT molecular complexity index is 735. The van der Waals surface area contributed by atoms with Crippen molar-refractivity contribution in [1.29, 1.82) is 0 Å². The number of ketones is 1. The zero-order chi connectivity index (χ0) is 16.9. The third kappa shape index (κ3) is 2.95. The van der Waals surface area contributed by atoms with Crippen LogP contribution in [0.4, 0.5) is 0 Å². The van der Waals surface area contributed by atoms with Gasteiger partial charge in [0.1, 0.15) is 5.78 Å². The van der Waals surface area contributed by atoms with Gasteiger partial charge >= 0.3 is 0 Å². The molecule has 0 atom stereocenters. The zero-order valence-corrected chi connectivity index (χ0v) is 15.8. The molecule has 4 aliphatic carbocycles. The van der Waals surface area contributed by atoms with Gasteiger partial charge in [-0.3, -0.25) is 4.79 Å². The summed E-state index contributed by atoms with van der Waals surface area (Å²) in [5.74, 6) is 3.39. The Morgan fingerprint density at radius 3 is 2.60 bits per heavy atom. The summed E-state index contributed by atoms with van der Waals surface area (Å²) in [6.07, 6.45) is 7.53. The van der Waals surface area contributed by atoms with Crippen molar-refractivity contribution >= 4 is 28.9 Å². The fourth-order valence-electron chi connectivity index (χ4n) is 5.68. The molecular formula is C18H22N4OS2. The van der Waals surface area contributed by atoms with Gasteiger partial charge in [-0.1, -0.05) is 17.8 Å². The molecule has 0 aliphatic heterocycles. The van der Waals surface area contributed by atoms with Crippen molar-refractivity contribution in [3.05, 3.63) is 22.4 Å². The van der Waals surface area contributed by atoms with E-state index in [-0.39, 0.29) is 5.41 Å². The molecule has 0 saturated heterocycles. The number of nitrogens with zero attached hydrogens (tertiary/aromatic N) is 4. The van der Waals surface area contributed by atoms with Crippen LogP contribution >= 0.6 is 23.1 Å². The summed E-state index contributed by atoms with van der Waals surface area (Å²) in [6.45, 7) is 0.679. The Balaban J connectivity index is 1.26. The summed E-state index contributed by atoms with van der Waals surface area (Å²) < 4.78 is 1.81. The molecule has 6 rings (SSSR count). The number of Topliss-reactive ketones (excluding diaryl/α,β-unsaturated/α-hetero) is 1. The first-order valence-corrected chi connectivity index (χ1v) is 11.0. The van der Waals surface area contributed by atoms with E-state index in [1.165, 1.54) is 35.9 Å². The van der Waals surface area contributed by atoms with E-state index < -0.39 is 0 Å². The Morgan fingerprint density at radius 1 is 1.24 bits per heavy atom. The molecule has 4 saturated carbocycles. The van der Waals surface area contributed by atoms with Crippen LogP contribution in [-0.2, 0) is 11.3 Å². The molecule has 0 amide bonds. The molecule has 2 aromatic heterocycles. The minimum atomic E-state index is -0.0201. The van der Waals surface area contributed by atoms with Crippen molar-refractivity contribution in [3.63, 3.8) is 0 Å². The van der Waals surface area contributed by atoms with Crippen molar-refractivity contribution in [2.75, 3.05) is 5.75 Å². The van der Waals surface area contributed by atoms with Crippen LogP contribution in [-0.4, -0.2) is 31.7 Å². The van der Waals surface area contributed by atoms with Crippen molar-refractivity contribution in [2.45, 2.75) is 50.2 Å². The predicted octanol–water partition coefficient (Wildman–Crippen LogP) is 3.66. The quantitative estimate of drug-likeness (QED) is 0.722. The van der Waals surface area contributed by atoms with E-state index in [0.717, 1.165) is 42.2 Å². The largest absolute Gasteiger partial charge is 0.298 e. The van der Waals surface area contributed by atoms with E-state index in [1.54, 1.807) is 11.3 Å². The Kier molecular flexibility index (Phi) is 3.97. The number of carbonyl (C=O) groups excluding carboxylic acids is 1. The number of rotatable bonds is 6. The SMILES string of the molecule is O=C(CSc1nnnn1Cc1cccs1)C12CC3CC(CC(C3)C1)C2. The van der Waals surface area contributed by atoms with E-state index >= 15 is 0 Å². The summed E-state index contributed by atoms with van der Waals surface area (Å²) in [5, 5.41) is 14.8. The predicted molar refractivity (Wildman–Crippen MR) is 97.6 cm³/mol. The average Bonchev–Trinajstić information content (AvgIpc) is 3.24. The lowest BCUT2D eigenvalue weighted by Crippen LogP contribution is -2.50. The van der Waals surface area contributed by atoms with Gasteiger partial charge in [-0.2, -0.15) is 0 Å². The average molecular weight is 375 g/mol. The highest BCUT2D eigenvalue weighted by Crippen LogP contribution is 2.60. The number of tetrazole rings is 1. The lowest BCUT2D eigenvalue weighted by molar-refractivity contribution is -0.141. The number of aromatic nitrogens is 4. The number of thiophene rings is 1. The standard InChI is InChI=1S/C18H22N4OS2/c23-16(18-7-12-4-13(8-18)6-14(5-12)9-18)11-25-17-19-20-21-22(17)10-15-2-1-3-24-15/h1-3,12-14H,4-11H2. The maximum atomic E-state index is 13.1. The first-order chi connectivity index (χ1) is 12.2. The van der Waals surface area contributed by atoms with E-state index in [9.17, 15) is 4.79 Å². The molecule has 4 bridgehead atoms. The first-order valence-electron chi connectivity index (χ1n) is 9.15. The van der Waals surface area contributed by atoms with Gasteiger partial charge in [0.05, 0.1) is 12.3 Å². The van der Waals surface area contributed by atoms with Crippen LogP contribution in [0.1, 0.15) is 43.4 Å². The van der Waals surface area contributed by atoms with Crippen LogP contribution < -0.4 is 0 Å². The molecule has 0 spiro atoms. The van der Waals surface area contributed by atoms with Crippen molar-refractivity contribution in [1.82, 2.24) is 20.2 Å². The first kappa shape index (κ1) is 16.0. The van der Waals surface area contributed by atoms with Crippen LogP contribution in [0.15, 0.2) is 22.7 Å². The molecular weight excluding hydrogens is 352 g/mol. The smallest absolute Gasteiger partial charge is 0.210 e. The summed E-state index contributed by atoms with van der Waals surface area (Å²) in [5.41, 5.74) is -0.0201. The van der Waals surface area contributed by atoms with E-state index in [2.05, 4.69) is 27.0 Å². The number of hydrogen-bond donors (Lipinski definition) is 0. The number of thioether (sulfide) groups is 1. The minimum Gasteiger partial charge on any atom is -0.298 e. The van der Waals surface area contributed by atoms with Gasteiger partial charge in [-0.05, 0) is 78.2 Å². The van der Waals surface area contributed by atoms with E-state index in [4.69, 9.17) is 0 Å². The molecule has 0 N–H and O–H groups in total. The molecule has 7 heteroatoms. The second kappa shape index (κ2) is 6.20. The molecule has 132 valence electrons. The highest BCUT2D eigenvalue weighted by molar-refractivity contribution is 7.99. The van der Waals surface area contributed by atoms with Gasteiger partial charge in [0.2, 0.25) is 5.16 Å². The lowest BCUT2D eigenvalue weighted by atomic mass is 9.48. The van der Waals surface area contributed by atoms with Gasteiger partial charge in [0, 0.05) is 10.3 Å². The van der Waals surface area contributed by atoms with E-state index in [0.29, 0.717) is 18.1 Å². The third-order valence-electron chi connectivity index (χ3n) is 6.35. The van der Waals surface area contributed by atoms with Crippen molar-refractivity contribution in [2.24, 2.45) is 23.2 Å². The van der Waals surface area contributed by atoms with Gasteiger partial charge in [-0.15, -0.1) is 16.4 Å². The summed E-state index contributed by atoms with van der Waals surface area (Å²) in [4.78, 5) is 14.3. The summed E-state index contributed by atoms with van der Waals surface area (Å²) >= 11 is 3.21. The Labute approximate surface area is 155 Å². The normalized spacial score (nSPS) is 33.0. The van der Waals surface area contributed by atoms with Gasteiger partial charge in [0.15, 0.2) is 0 Å². The van der Waals surface area contributed by atoms with Crippen molar-refractivity contribution < 1.29 is 4.79 Å². The van der Waals surface area contributed by atoms with Crippen LogP contribution in [0.5, 0.6) is 0 Å². The zero-order valence-electron chi connectivity index (χ0n) is 14.1. The molecule has 5 nitrogen and oxygen atoms in total. The molecule has 0 radical (unpaired) electrons. The molecule has 25 heavy (non-hydrogen) atoms. The van der Waals surface area contributed by atoms with Crippen LogP contribution in [0, 0.1) is 23.2 Å². The fourth-order valence-corrected chi connectivity index (χ4v) is 7.28. The third-order valence-corrected chi connectivity index (χ3v) is 8.17. The van der Waals surface area contributed by atoms with E-state index in [1.807, 2.05) is 10.7 Å². The lowest BCUT2D eigenvalue weighted by Gasteiger charge is -2.56. The van der Waals surface area contributed by atoms with Gasteiger partial charge in [0.25, 0.3) is 0 Å². The molecule has 0 aromatic carbocycles. The topological polar surface area (TPSA) is 60.7 Å². The van der Waals surface area contributed by atoms with Gasteiger partial charge in [-0.25, -0.2) is 4.68 Å². The van der Waals surface area contributed by atoms with Crippen molar-refractivity contribution in [3.8, 4) is 0 Å².